The highest BCUT2D eigenvalue weighted by Gasteiger charge is 2.48. The smallest absolute Gasteiger partial charge is 0.225 e. The Morgan fingerprint density at radius 3 is 2.72 bits per heavy atom. The van der Waals surface area contributed by atoms with E-state index in [0.717, 1.165) is 37.3 Å². The molecule has 5 rings (SSSR count). The zero-order chi connectivity index (χ0) is 21.8. The number of rotatable bonds is 7. The van der Waals surface area contributed by atoms with E-state index in [9.17, 15) is 4.79 Å². The van der Waals surface area contributed by atoms with Crippen molar-refractivity contribution in [1.29, 1.82) is 0 Å². The predicted octanol–water partition coefficient (Wildman–Crippen LogP) is 3.96. The predicted molar refractivity (Wildman–Crippen MR) is 126 cm³/mol. The molecule has 6 nitrogen and oxygen atoms in total. The quantitative estimate of drug-likeness (QED) is 0.716. The summed E-state index contributed by atoms with van der Waals surface area (Å²) in [4.78, 5) is 18.0. The van der Waals surface area contributed by atoms with Crippen LogP contribution in [0.25, 0.3) is 0 Å². The summed E-state index contributed by atoms with van der Waals surface area (Å²) in [5, 5.41) is 10.7. The molecule has 2 aromatic rings. The number of nitrogens with one attached hydrogen (secondary N) is 1. The van der Waals surface area contributed by atoms with Crippen LogP contribution < -0.4 is 5.32 Å². The van der Waals surface area contributed by atoms with Gasteiger partial charge in [0.2, 0.25) is 5.91 Å². The van der Waals surface area contributed by atoms with Gasteiger partial charge in [-0.3, -0.25) is 14.6 Å². The van der Waals surface area contributed by atoms with Crippen LogP contribution in [0, 0.1) is 11.8 Å². The number of carbonyl (C=O) groups excluding carboxylic acids is 1. The van der Waals surface area contributed by atoms with Crippen LogP contribution in [0.3, 0.4) is 0 Å². The van der Waals surface area contributed by atoms with Crippen molar-refractivity contribution in [3.63, 3.8) is 0 Å². The van der Waals surface area contributed by atoms with Gasteiger partial charge in [0.1, 0.15) is 0 Å². The Kier molecular flexibility index (Phi) is 6.79. The van der Waals surface area contributed by atoms with Gasteiger partial charge in [0.05, 0.1) is 0 Å². The van der Waals surface area contributed by atoms with Gasteiger partial charge in [0, 0.05) is 37.8 Å². The molecule has 3 fully saturated rings. The minimum Gasteiger partial charge on any atom is -0.309 e. The van der Waals surface area contributed by atoms with Crippen molar-refractivity contribution in [2.24, 2.45) is 11.8 Å². The van der Waals surface area contributed by atoms with E-state index >= 15 is 0 Å². The molecular weight excluding hydrogens is 398 g/mol. The molecule has 170 valence electrons. The second-order valence-corrected chi connectivity index (χ2v) is 9.77. The number of anilines is 1. The largest absolute Gasteiger partial charge is 0.309 e. The first kappa shape index (κ1) is 21.5. The molecule has 0 saturated carbocycles. The fraction of sp³-hybridized carbons (Fsp3) is 0.577. The number of likely N-dealkylation sites (tertiary alicyclic amines) is 1. The molecule has 0 spiro atoms. The summed E-state index contributed by atoms with van der Waals surface area (Å²) in [6.45, 7) is 4.78. The molecule has 6 heteroatoms. The summed E-state index contributed by atoms with van der Waals surface area (Å²) < 4.78 is 0. The summed E-state index contributed by atoms with van der Waals surface area (Å²) in [5.74, 6) is 2.11. The van der Waals surface area contributed by atoms with Crippen LogP contribution >= 0.6 is 0 Å². The SMILES string of the molecule is O=C(CCC[C@@H]1[C@H]2CCCN3CCC[C@@H](CN1Cc1ccccc1)[C@@H]23)Nc1cccnn1. The highest BCUT2D eigenvalue weighted by atomic mass is 16.1. The lowest BCUT2D eigenvalue weighted by Gasteiger charge is -2.57. The lowest BCUT2D eigenvalue weighted by molar-refractivity contribution is -0.116. The van der Waals surface area contributed by atoms with Crippen LogP contribution in [0.1, 0.15) is 50.5 Å². The molecule has 1 N–H and O–H groups in total. The van der Waals surface area contributed by atoms with Crippen molar-refractivity contribution in [2.45, 2.75) is 63.6 Å². The fourth-order valence-corrected chi connectivity index (χ4v) is 6.52. The number of hydrogen-bond donors (Lipinski definition) is 1. The van der Waals surface area contributed by atoms with E-state index in [4.69, 9.17) is 0 Å². The zero-order valence-electron chi connectivity index (χ0n) is 18.9. The molecule has 0 bridgehead atoms. The summed E-state index contributed by atoms with van der Waals surface area (Å²) in [6.07, 6.45) is 9.52. The molecule has 32 heavy (non-hydrogen) atoms. The highest BCUT2D eigenvalue weighted by molar-refractivity contribution is 5.89. The molecule has 1 aromatic carbocycles. The minimum absolute atomic E-state index is 0.0386. The van der Waals surface area contributed by atoms with Crippen molar-refractivity contribution in [1.82, 2.24) is 20.0 Å². The average Bonchev–Trinajstić information content (AvgIpc) is 2.82. The third-order valence-corrected chi connectivity index (χ3v) is 7.75. The van der Waals surface area contributed by atoms with Gasteiger partial charge in [-0.05, 0) is 81.1 Å². The van der Waals surface area contributed by atoms with Crippen molar-refractivity contribution < 1.29 is 4.79 Å². The number of benzene rings is 1. The van der Waals surface area contributed by atoms with E-state index in [2.05, 4.69) is 55.6 Å². The molecule has 0 radical (unpaired) electrons. The van der Waals surface area contributed by atoms with Crippen LogP contribution in [0.4, 0.5) is 5.82 Å². The number of aromatic nitrogens is 2. The van der Waals surface area contributed by atoms with Gasteiger partial charge in [-0.1, -0.05) is 30.3 Å². The van der Waals surface area contributed by atoms with Crippen molar-refractivity contribution >= 4 is 11.7 Å². The number of nitrogens with zero attached hydrogens (tertiary/aromatic N) is 4. The zero-order valence-corrected chi connectivity index (χ0v) is 18.9. The summed E-state index contributed by atoms with van der Waals surface area (Å²) in [7, 11) is 0. The maximum Gasteiger partial charge on any atom is 0.225 e. The van der Waals surface area contributed by atoms with E-state index in [-0.39, 0.29) is 5.91 Å². The lowest BCUT2D eigenvalue weighted by atomic mass is 9.69. The maximum atomic E-state index is 12.5. The first-order valence-electron chi connectivity index (χ1n) is 12.4. The van der Waals surface area contributed by atoms with E-state index in [0.29, 0.717) is 18.3 Å². The molecule has 1 amide bonds. The Morgan fingerprint density at radius 1 is 1.06 bits per heavy atom. The number of amides is 1. The Balaban J connectivity index is 1.26. The molecular formula is C26H35N5O. The van der Waals surface area contributed by atoms with Crippen LogP contribution in [-0.4, -0.2) is 57.6 Å². The molecule has 0 unspecified atom stereocenters. The summed E-state index contributed by atoms with van der Waals surface area (Å²) >= 11 is 0. The van der Waals surface area contributed by atoms with Gasteiger partial charge < -0.3 is 5.32 Å². The van der Waals surface area contributed by atoms with Gasteiger partial charge in [0.15, 0.2) is 5.82 Å². The maximum absolute atomic E-state index is 12.5. The van der Waals surface area contributed by atoms with Crippen LogP contribution in [-0.2, 0) is 11.3 Å². The highest BCUT2D eigenvalue weighted by Crippen LogP contribution is 2.43. The Labute approximate surface area is 191 Å². The molecule has 4 atom stereocenters. The number of carbonyl (C=O) groups is 1. The van der Waals surface area contributed by atoms with Crippen molar-refractivity contribution in [2.75, 3.05) is 25.0 Å². The second kappa shape index (κ2) is 10.1. The Hall–Kier alpha value is -2.31. The summed E-state index contributed by atoms with van der Waals surface area (Å²) in [6, 6.07) is 15.8. The molecule has 3 aliphatic heterocycles. The molecule has 3 saturated heterocycles. The van der Waals surface area contributed by atoms with Crippen LogP contribution in [0.5, 0.6) is 0 Å². The second-order valence-electron chi connectivity index (χ2n) is 9.77. The van der Waals surface area contributed by atoms with Gasteiger partial charge in [-0.2, -0.15) is 5.10 Å². The van der Waals surface area contributed by atoms with Gasteiger partial charge in [-0.25, -0.2) is 0 Å². The Morgan fingerprint density at radius 2 is 1.91 bits per heavy atom. The summed E-state index contributed by atoms with van der Waals surface area (Å²) in [5.41, 5.74) is 1.40. The first-order valence-corrected chi connectivity index (χ1v) is 12.4. The number of piperidine rings is 3. The average molecular weight is 434 g/mol. The topological polar surface area (TPSA) is 61.4 Å². The van der Waals surface area contributed by atoms with E-state index in [1.165, 1.54) is 50.9 Å². The third kappa shape index (κ3) is 4.86. The van der Waals surface area contributed by atoms with E-state index in [1.54, 1.807) is 18.3 Å². The minimum atomic E-state index is 0.0386. The van der Waals surface area contributed by atoms with E-state index < -0.39 is 0 Å². The van der Waals surface area contributed by atoms with Crippen molar-refractivity contribution in [3.8, 4) is 0 Å². The first-order chi connectivity index (χ1) is 15.8. The van der Waals surface area contributed by atoms with Crippen molar-refractivity contribution in [3.05, 3.63) is 54.2 Å². The third-order valence-electron chi connectivity index (χ3n) is 7.75. The van der Waals surface area contributed by atoms with Crippen LogP contribution in [0.2, 0.25) is 0 Å². The van der Waals surface area contributed by atoms with Gasteiger partial charge in [0.25, 0.3) is 0 Å². The monoisotopic (exact) mass is 433 g/mol. The van der Waals surface area contributed by atoms with Gasteiger partial charge >= 0.3 is 0 Å². The molecule has 4 heterocycles. The van der Waals surface area contributed by atoms with E-state index in [1.807, 2.05) is 0 Å². The molecule has 1 aromatic heterocycles. The normalized spacial score (nSPS) is 28.1. The van der Waals surface area contributed by atoms with Gasteiger partial charge in [-0.15, -0.1) is 5.10 Å². The molecule has 0 aliphatic carbocycles. The molecule has 3 aliphatic rings. The lowest BCUT2D eigenvalue weighted by Crippen LogP contribution is -2.64. The standard InChI is InChI=1S/C26H35N5O/c32-25(28-24-13-5-15-27-29-24)14-4-12-23-22-11-7-17-30-16-6-10-21(26(22)30)19-31(23)18-20-8-2-1-3-9-20/h1-3,5,8-9,13,15,21-23,26H,4,6-7,10-12,14,16-19H2,(H,28,29,32)/t21-,22+,23+,26-/m0/s1. The Bertz CT molecular complexity index is 874. The van der Waals surface area contributed by atoms with Crippen LogP contribution in [0.15, 0.2) is 48.7 Å². The number of hydrogen-bond acceptors (Lipinski definition) is 5. The fourth-order valence-electron chi connectivity index (χ4n) is 6.52.